The summed E-state index contributed by atoms with van der Waals surface area (Å²) in [6.07, 6.45) is 2.06. The fourth-order valence-corrected chi connectivity index (χ4v) is 4.71. The van der Waals surface area contributed by atoms with Crippen LogP contribution >= 0.6 is 11.6 Å². The van der Waals surface area contributed by atoms with E-state index in [2.05, 4.69) is 76.4 Å². The van der Waals surface area contributed by atoms with E-state index in [1.165, 1.54) is 0 Å². The van der Waals surface area contributed by atoms with Crippen molar-refractivity contribution in [1.82, 2.24) is 9.78 Å². The van der Waals surface area contributed by atoms with Crippen LogP contribution in [0.15, 0.2) is 97.2 Å². The van der Waals surface area contributed by atoms with Gasteiger partial charge in [-0.25, -0.2) is 0 Å². The Labute approximate surface area is 187 Å². The molecule has 3 aromatic carbocycles. The van der Waals surface area contributed by atoms with E-state index in [-0.39, 0.29) is 0 Å². The zero-order chi connectivity index (χ0) is 21.1. The molecule has 5 rings (SSSR count). The molecule has 0 atom stereocenters. The molecule has 0 saturated carbocycles. The molecule has 5 heteroatoms. The number of halogens is 1. The van der Waals surface area contributed by atoms with Crippen molar-refractivity contribution in [3.8, 4) is 0 Å². The van der Waals surface area contributed by atoms with Gasteiger partial charge in [-0.05, 0) is 17.2 Å². The number of hydrogen-bond acceptors (Lipinski definition) is 3. The molecule has 1 saturated heterocycles. The molecule has 4 nitrogen and oxygen atoms in total. The van der Waals surface area contributed by atoms with Gasteiger partial charge in [-0.1, -0.05) is 90.5 Å². The van der Waals surface area contributed by atoms with Crippen LogP contribution in [0.4, 0.5) is 5.82 Å². The third-order valence-electron chi connectivity index (χ3n) is 5.90. The smallest absolute Gasteiger partial charge is 0.150 e. The lowest BCUT2D eigenvalue weighted by Gasteiger charge is -2.37. The number of anilines is 1. The van der Waals surface area contributed by atoms with Gasteiger partial charge in [0.05, 0.1) is 13.2 Å². The van der Waals surface area contributed by atoms with Crippen LogP contribution in [0.2, 0.25) is 5.02 Å². The molecule has 31 heavy (non-hydrogen) atoms. The van der Waals surface area contributed by atoms with Crippen molar-refractivity contribution in [2.75, 3.05) is 31.2 Å². The van der Waals surface area contributed by atoms with Crippen molar-refractivity contribution >= 4 is 17.4 Å². The minimum atomic E-state index is -0.703. The van der Waals surface area contributed by atoms with Gasteiger partial charge in [0.2, 0.25) is 0 Å². The van der Waals surface area contributed by atoms with Gasteiger partial charge in [0.25, 0.3) is 0 Å². The molecule has 1 aliphatic heterocycles. The Kier molecular flexibility index (Phi) is 5.49. The minimum absolute atomic E-state index is 0.703. The summed E-state index contributed by atoms with van der Waals surface area (Å²) in [6.45, 7) is 3.12. The summed E-state index contributed by atoms with van der Waals surface area (Å²) in [5.41, 5.74) is 2.49. The second kappa shape index (κ2) is 8.58. The van der Waals surface area contributed by atoms with Gasteiger partial charge in [0, 0.05) is 35.9 Å². The number of hydrogen-bond donors (Lipinski definition) is 0. The highest BCUT2D eigenvalue weighted by molar-refractivity contribution is 6.31. The average molecular weight is 430 g/mol. The Morgan fingerprint density at radius 3 is 1.94 bits per heavy atom. The van der Waals surface area contributed by atoms with Crippen LogP contribution in [0.1, 0.15) is 16.7 Å². The van der Waals surface area contributed by atoms with Gasteiger partial charge in [-0.15, -0.1) is 0 Å². The molecular weight excluding hydrogens is 406 g/mol. The number of rotatable bonds is 5. The van der Waals surface area contributed by atoms with E-state index < -0.39 is 5.54 Å². The Morgan fingerprint density at radius 2 is 1.32 bits per heavy atom. The fraction of sp³-hybridized carbons (Fsp3) is 0.192. The van der Waals surface area contributed by atoms with E-state index in [9.17, 15) is 0 Å². The summed E-state index contributed by atoms with van der Waals surface area (Å²) in [5.74, 6) is 0.951. The van der Waals surface area contributed by atoms with Crippen LogP contribution in [-0.4, -0.2) is 36.1 Å². The van der Waals surface area contributed by atoms with E-state index in [0.29, 0.717) is 5.02 Å². The van der Waals surface area contributed by atoms with Gasteiger partial charge in [-0.3, -0.25) is 4.68 Å². The largest absolute Gasteiger partial charge is 0.378 e. The summed E-state index contributed by atoms with van der Waals surface area (Å²) in [5, 5.41) is 5.81. The first-order valence-electron chi connectivity index (χ1n) is 10.5. The van der Waals surface area contributed by atoms with E-state index in [1.807, 2.05) is 30.3 Å². The van der Waals surface area contributed by atoms with Crippen molar-refractivity contribution < 1.29 is 4.74 Å². The Bertz CT molecular complexity index is 1100. The first kappa shape index (κ1) is 19.9. The van der Waals surface area contributed by atoms with Crippen LogP contribution in [0, 0.1) is 0 Å². The molecule has 0 spiro atoms. The summed E-state index contributed by atoms with van der Waals surface area (Å²) < 4.78 is 7.58. The SMILES string of the molecule is Clc1ccccc1C(c1ccccc1)(c1ccccc1)n1ccc(N2CCOCC2)n1. The van der Waals surface area contributed by atoms with Gasteiger partial charge in [0.1, 0.15) is 5.54 Å². The quantitative estimate of drug-likeness (QED) is 0.408. The minimum Gasteiger partial charge on any atom is -0.378 e. The predicted molar refractivity (Wildman–Crippen MR) is 125 cm³/mol. The highest BCUT2D eigenvalue weighted by Gasteiger charge is 2.41. The van der Waals surface area contributed by atoms with Gasteiger partial charge in [0.15, 0.2) is 5.82 Å². The lowest BCUT2D eigenvalue weighted by molar-refractivity contribution is 0.122. The number of nitrogens with zero attached hydrogens (tertiary/aromatic N) is 3. The summed E-state index contributed by atoms with van der Waals surface area (Å²) in [4.78, 5) is 2.27. The number of benzene rings is 3. The second-order valence-electron chi connectivity index (χ2n) is 7.64. The molecule has 2 heterocycles. The third-order valence-corrected chi connectivity index (χ3v) is 6.23. The lowest BCUT2D eigenvalue weighted by Crippen LogP contribution is -2.40. The molecule has 1 fully saturated rings. The summed E-state index contributed by atoms with van der Waals surface area (Å²) in [7, 11) is 0. The maximum absolute atomic E-state index is 6.85. The van der Waals surface area contributed by atoms with E-state index >= 15 is 0 Å². The standard InChI is InChI=1S/C26H24ClN3O/c27-24-14-8-7-13-23(24)26(21-9-3-1-4-10-21,22-11-5-2-6-12-22)30-16-15-25(28-30)29-17-19-31-20-18-29/h1-16H,17-20H2. The van der Waals surface area contributed by atoms with Crippen LogP contribution in [-0.2, 0) is 10.3 Å². The third kappa shape index (κ3) is 3.52. The Hall–Kier alpha value is -3.08. The Morgan fingerprint density at radius 1 is 0.742 bits per heavy atom. The maximum Gasteiger partial charge on any atom is 0.150 e. The fourth-order valence-electron chi connectivity index (χ4n) is 4.44. The molecule has 0 radical (unpaired) electrons. The zero-order valence-electron chi connectivity index (χ0n) is 17.2. The highest BCUT2D eigenvalue weighted by atomic mass is 35.5. The van der Waals surface area contributed by atoms with E-state index in [1.54, 1.807) is 0 Å². The molecule has 0 N–H and O–H groups in total. The molecule has 1 aromatic heterocycles. The second-order valence-corrected chi connectivity index (χ2v) is 8.05. The average Bonchev–Trinajstić information content (AvgIpc) is 3.33. The predicted octanol–water partition coefficient (Wildman–Crippen LogP) is 5.21. The van der Waals surface area contributed by atoms with Crippen molar-refractivity contribution in [1.29, 1.82) is 0 Å². The topological polar surface area (TPSA) is 30.3 Å². The van der Waals surface area contributed by atoms with Crippen LogP contribution in [0.5, 0.6) is 0 Å². The van der Waals surface area contributed by atoms with Crippen molar-refractivity contribution in [3.63, 3.8) is 0 Å². The number of aromatic nitrogens is 2. The van der Waals surface area contributed by atoms with Crippen LogP contribution < -0.4 is 4.90 Å². The number of ether oxygens (including phenoxy) is 1. The molecule has 156 valence electrons. The molecule has 4 aromatic rings. The molecule has 1 aliphatic rings. The van der Waals surface area contributed by atoms with Crippen LogP contribution in [0.25, 0.3) is 0 Å². The molecule has 0 bridgehead atoms. The zero-order valence-corrected chi connectivity index (χ0v) is 17.9. The number of morpholine rings is 1. The summed E-state index contributed by atoms with van der Waals surface area (Å²) in [6, 6.07) is 31.0. The van der Waals surface area contributed by atoms with E-state index in [4.69, 9.17) is 21.4 Å². The van der Waals surface area contributed by atoms with Crippen molar-refractivity contribution in [3.05, 3.63) is 119 Å². The monoisotopic (exact) mass is 429 g/mol. The molecule has 0 amide bonds. The maximum atomic E-state index is 6.85. The van der Waals surface area contributed by atoms with Crippen molar-refractivity contribution in [2.45, 2.75) is 5.54 Å². The van der Waals surface area contributed by atoms with E-state index in [0.717, 1.165) is 48.8 Å². The van der Waals surface area contributed by atoms with Crippen LogP contribution in [0.3, 0.4) is 0 Å². The Balaban J connectivity index is 1.79. The summed E-state index contributed by atoms with van der Waals surface area (Å²) >= 11 is 6.85. The molecular formula is C26H24ClN3O. The first-order chi connectivity index (χ1) is 15.3. The van der Waals surface area contributed by atoms with Crippen molar-refractivity contribution in [2.24, 2.45) is 0 Å². The van der Waals surface area contributed by atoms with Gasteiger partial charge >= 0.3 is 0 Å². The normalized spacial score (nSPS) is 14.5. The van der Waals surface area contributed by atoms with Gasteiger partial charge < -0.3 is 9.64 Å². The highest BCUT2D eigenvalue weighted by Crippen LogP contribution is 2.43. The van der Waals surface area contributed by atoms with Gasteiger partial charge in [-0.2, -0.15) is 5.10 Å². The first-order valence-corrected chi connectivity index (χ1v) is 10.9. The lowest BCUT2D eigenvalue weighted by atomic mass is 9.77. The molecule has 0 aliphatic carbocycles. The molecule has 0 unspecified atom stereocenters.